The van der Waals surface area contributed by atoms with Crippen LogP contribution in [0.1, 0.15) is 19.3 Å². The Morgan fingerprint density at radius 1 is 1.25 bits per heavy atom. The van der Waals surface area contributed by atoms with E-state index in [0.717, 1.165) is 26.1 Å². The van der Waals surface area contributed by atoms with Crippen LogP contribution in [-0.2, 0) is 18.6 Å². The molecule has 2 heterocycles. The van der Waals surface area contributed by atoms with Gasteiger partial charge in [0.1, 0.15) is 0 Å². The maximum Gasteiger partial charge on any atom is 0.469 e. The molecule has 0 radical (unpaired) electrons. The molecule has 2 saturated heterocycles. The van der Waals surface area contributed by atoms with E-state index in [2.05, 4.69) is 4.52 Å². The number of ether oxygens (including phenoxy) is 2. The zero-order valence-electron chi connectivity index (χ0n) is 8.95. The first kappa shape index (κ1) is 12.5. The van der Waals surface area contributed by atoms with E-state index in [1.165, 1.54) is 0 Å². The van der Waals surface area contributed by atoms with Crippen molar-refractivity contribution in [2.24, 2.45) is 5.92 Å². The zero-order valence-corrected chi connectivity index (χ0v) is 9.84. The highest BCUT2D eigenvalue weighted by Crippen LogP contribution is 2.37. The van der Waals surface area contributed by atoms with E-state index in [1.54, 1.807) is 0 Å². The summed E-state index contributed by atoms with van der Waals surface area (Å²) in [6.07, 6.45) is 3.18. The van der Waals surface area contributed by atoms with Crippen LogP contribution in [0.4, 0.5) is 0 Å². The summed E-state index contributed by atoms with van der Waals surface area (Å²) in [5, 5.41) is 0. The molecule has 2 aliphatic heterocycles. The average Bonchev–Trinajstić information content (AvgIpc) is 2.96. The summed E-state index contributed by atoms with van der Waals surface area (Å²) in [7, 11) is -4.32. The van der Waals surface area contributed by atoms with Crippen LogP contribution in [0.2, 0.25) is 0 Å². The lowest BCUT2D eigenvalue weighted by Crippen LogP contribution is -2.10. The second-order valence-corrected chi connectivity index (χ2v) is 5.60. The predicted molar refractivity (Wildman–Crippen MR) is 54.8 cm³/mol. The third kappa shape index (κ3) is 5.39. The van der Waals surface area contributed by atoms with Crippen LogP contribution in [0.15, 0.2) is 0 Å². The van der Waals surface area contributed by atoms with Crippen molar-refractivity contribution in [3.05, 3.63) is 0 Å². The zero-order chi connectivity index (χ0) is 11.6. The van der Waals surface area contributed by atoms with Crippen molar-refractivity contribution < 1.29 is 28.3 Å². The number of phosphoric acid groups is 1. The van der Waals surface area contributed by atoms with Gasteiger partial charge in [-0.25, -0.2) is 4.57 Å². The van der Waals surface area contributed by atoms with Gasteiger partial charge in [-0.15, -0.1) is 0 Å². The van der Waals surface area contributed by atoms with Gasteiger partial charge < -0.3 is 19.3 Å². The van der Waals surface area contributed by atoms with Crippen molar-refractivity contribution >= 4 is 7.82 Å². The first-order valence-electron chi connectivity index (χ1n) is 5.46. The van der Waals surface area contributed by atoms with E-state index >= 15 is 0 Å². The molecule has 0 amide bonds. The summed E-state index contributed by atoms with van der Waals surface area (Å²) in [5.41, 5.74) is 0. The smallest absolute Gasteiger partial charge is 0.373 e. The molecule has 94 valence electrons. The van der Waals surface area contributed by atoms with E-state index < -0.39 is 7.82 Å². The Morgan fingerprint density at radius 3 is 2.12 bits per heavy atom. The Hall–Kier alpha value is 0.0300. The Morgan fingerprint density at radius 2 is 1.75 bits per heavy atom. The molecule has 2 fully saturated rings. The monoisotopic (exact) mass is 252 g/mol. The molecular formula is C9H17O6P. The van der Waals surface area contributed by atoms with Gasteiger partial charge in [-0.3, -0.25) is 4.52 Å². The molecule has 0 spiro atoms. The molecule has 2 unspecified atom stereocenters. The maximum atomic E-state index is 10.5. The van der Waals surface area contributed by atoms with Gasteiger partial charge in [-0.2, -0.15) is 0 Å². The van der Waals surface area contributed by atoms with Gasteiger partial charge in [0, 0.05) is 0 Å². The molecule has 0 aromatic heterocycles. The Kier molecular flexibility index (Phi) is 4.00. The number of rotatable bonds is 8. The molecule has 0 aliphatic carbocycles. The van der Waals surface area contributed by atoms with Crippen molar-refractivity contribution in [3.8, 4) is 0 Å². The first-order chi connectivity index (χ1) is 7.53. The van der Waals surface area contributed by atoms with Crippen LogP contribution in [0, 0.1) is 5.92 Å². The van der Waals surface area contributed by atoms with Crippen molar-refractivity contribution in [1.82, 2.24) is 0 Å². The van der Waals surface area contributed by atoms with Gasteiger partial charge >= 0.3 is 7.82 Å². The summed E-state index contributed by atoms with van der Waals surface area (Å²) in [6.45, 7) is 1.71. The van der Waals surface area contributed by atoms with Crippen LogP contribution < -0.4 is 0 Å². The fourth-order valence-corrected chi connectivity index (χ4v) is 2.17. The van der Waals surface area contributed by atoms with Gasteiger partial charge in [0.25, 0.3) is 0 Å². The average molecular weight is 252 g/mol. The number of epoxide rings is 2. The quantitative estimate of drug-likeness (QED) is 0.487. The van der Waals surface area contributed by atoms with Crippen molar-refractivity contribution in [2.45, 2.75) is 31.5 Å². The lowest BCUT2D eigenvalue weighted by Gasteiger charge is -2.14. The van der Waals surface area contributed by atoms with Gasteiger partial charge in [0.2, 0.25) is 0 Å². The topological polar surface area (TPSA) is 91.8 Å². The predicted octanol–water partition coefficient (Wildman–Crippen LogP) is 0.680. The minimum absolute atomic E-state index is 0.0917. The number of hydrogen-bond acceptors (Lipinski definition) is 4. The highest BCUT2D eigenvalue weighted by molar-refractivity contribution is 7.46. The lowest BCUT2D eigenvalue weighted by atomic mass is 9.95. The highest BCUT2D eigenvalue weighted by Gasteiger charge is 2.32. The molecule has 2 atom stereocenters. The Bertz CT molecular complexity index is 255. The molecule has 16 heavy (non-hydrogen) atoms. The van der Waals surface area contributed by atoms with Crippen molar-refractivity contribution in [1.29, 1.82) is 0 Å². The summed E-state index contributed by atoms with van der Waals surface area (Å²) in [4.78, 5) is 17.1. The van der Waals surface area contributed by atoms with E-state index in [4.69, 9.17) is 19.3 Å². The fourth-order valence-electron chi connectivity index (χ4n) is 1.82. The van der Waals surface area contributed by atoms with Gasteiger partial charge in [-0.05, 0) is 25.2 Å². The Labute approximate surface area is 94.1 Å². The molecular weight excluding hydrogens is 235 g/mol. The second kappa shape index (κ2) is 5.12. The molecule has 6 nitrogen and oxygen atoms in total. The van der Waals surface area contributed by atoms with Crippen LogP contribution >= 0.6 is 7.82 Å². The standard InChI is InChI=1S/C9H17O6P/c10-16(11,12)15-2-1-7(3-8-5-13-8)4-9-6-14-9/h7-9H,1-6H2,(H2,10,11,12). The lowest BCUT2D eigenvalue weighted by molar-refractivity contribution is 0.176. The van der Waals surface area contributed by atoms with Crippen LogP contribution in [0.25, 0.3) is 0 Å². The normalized spacial score (nSPS) is 30.1. The Balaban J connectivity index is 1.65. The highest BCUT2D eigenvalue weighted by atomic mass is 31.2. The molecule has 7 heteroatoms. The summed E-state index contributed by atoms with van der Waals surface area (Å²) < 4.78 is 25.3. The van der Waals surface area contributed by atoms with E-state index in [0.29, 0.717) is 24.5 Å². The van der Waals surface area contributed by atoms with Crippen LogP contribution in [0.3, 0.4) is 0 Å². The summed E-state index contributed by atoms with van der Waals surface area (Å²) in [5.74, 6) is 0.367. The minimum atomic E-state index is -4.32. The summed E-state index contributed by atoms with van der Waals surface area (Å²) >= 11 is 0. The van der Waals surface area contributed by atoms with Gasteiger partial charge in [0.15, 0.2) is 0 Å². The largest absolute Gasteiger partial charge is 0.469 e. The summed E-state index contributed by atoms with van der Waals surface area (Å²) in [6, 6.07) is 0. The number of phosphoric ester groups is 1. The molecule has 0 bridgehead atoms. The van der Waals surface area contributed by atoms with Gasteiger partial charge in [-0.1, -0.05) is 0 Å². The molecule has 2 aliphatic rings. The maximum absolute atomic E-state index is 10.5. The van der Waals surface area contributed by atoms with Crippen LogP contribution in [0.5, 0.6) is 0 Å². The fraction of sp³-hybridized carbons (Fsp3) is 1.00. The van der Waals surface area contributed by atoms with Crippen molar-refractivity contribution in [2.75, 3.05) is 19.8 Å². The molecule has 0 aromatic rings. The third-order valence-electron chi connectivity index (χ3n) is 2.78. The molecule has 0 aromatic carbocycles. The minimum Gasteiger partial charge on any atom is -0.373 e. The van der Waals surface area contributed by atoms with Gasteiger partial charge in [0.05, 0.1) is 32.0 Å². The molecule has 2 rings (SSSR count). The van der Waals surface area contributed by atoms with E-state index in [9.17, 15) is 4.57 Å². The van der Waals surface area contributed by atoms with E-state index in [-0.39, 0.29) is 6.61 Å². The molecule has 2 N–H and O–H groups in total. The van der Waals surface area contributed by atoms with Crippen LogP contribution in [-0.4, -0.2) is 41.8 Å². The molecule has 0 saturated carbocycles. The third-order valence-corrected chi connectivity index (χ3v) is 3.30. The number of hydrogen-bond donors (Lipinski definition) is 2. The van der Waals surface area contributed by atoms with Crippen molar-refractivity contribution in [3.63, 3.8) is 0 Å². The second-order valence-electron chi connectivity index (χ2n) is 4.36. The first-order valence-corrected chi connectivity index (χ1v) is 6.99. The van der Waals surface area contributed by atoms with E-state index in [1.807, 2.05) is 0 Å². The SMILES string of the molecule is O=P(O)(O)OCCC(CC1CO1)CC1CO1.